The molecule has 1 aromatic rings. The molecule has 6 nitrogen and oxygen atoms in total. The van der Waals surface area contributed by atoms with Crippen LogP contribution in [-0.2, 0) is 11.3 Å². The average molecular weight is 373 g/mol. The SMILES string of the molecule is COc1ccc(CNCCN(CC(C)O)C(=O)OC(C)(C)C)cc1Cl. The number of carbonyl (C=O) groups is 1. The van der Waals surface area contributed by atoms with Crippen molar-refractivity contribution in [2.45, 2.75) is 45.9 Å². The maximum absolute atomic E-state index is 12.2. The van der Waals surface area contributed by atoms with Gasteiger partial charge in [-0.2, -0.15) is 0 Å². The van der Waals surface area contributed by atoms with Gasteiger partial charge < -0.3 is 24.8 Å². The number of benzene rings is 1. The second-order valence-electron chi connectivity index (χ2n) is 6.92. The highest BCUT2D eigenvalue weighted by molar-refractivity contribution is 6.32. The van der Waals surface area contributed by atoms with E-state index in [1.807, 2.05) is 39.0 Å². The van der Waals surface area contributed by atoms with Gasteiger partial charge in [0.25, 0.3) is 0 Å². The fourth-order valence-electron chi connectivity index (χ4n) is 2.17. The number of nitrogens with one attached hydrogen (secondary N) is 1. The summed E-state index contributed by atoms with van der Waals surface area (Å²) in [6, 6.07) is 5.59. The first-order valence-electron chi connectivity index (χ1n) is 8.31. The smallest absolute Gasteiger partial charge is 0.410 e. The lowest BCUT2D eigenvalue weighted by Crippen LogP contribution is -2.43. The zero-order valence-corrected chi connectivity index (χ0v) is 16.4. The lowest BCUT2D eigenvalue weighted by atomic mass is 10.2. The van der Waals surface area contributed by atoms with Crippen LogP contribution in [0.4, 0.5) is 4.79 Å². The fourth-order valence-corrected chi connectivity index (χ4v) is 2.45. The van der Waals surface area contributed by atoms with Gasteiger partial charge in [-0.1, -0.05) is 17.7 Å². The quantitative estimate of drug-likeness (QED) is 0.686. The molecule has 0 saturated carbocycles. The van der Waals surface area contributed by atoms with Crippen LogP contribution in [0, 0.1) is 0 Å². The minimum Gasteiger partial charge on any atom is -0.495 e. The van der Waals surface area contributed by atoms with Gasteiger partial charge in [-0.3, -0.25) is 0 Å². The first-order chi connectivity index (χ1) is 11.6. The Kier molecular flexibility index (Phi) is 8.48. The molecule has 1 amide bonds. The molecule has 142 valence electrons. The number of aliphatic hydroxyl groups excluding tert-OH is 1. The molecule has 1 aromatic carbocycles. The predicted molar refractivity (Wildman–Crippen MR) is 99.2 cm³/mol. The third kappa shape index (κ3) is 8.43. The minimum absolute atomic E-state index is 0.227. The van der Waals surface area contributed by atoms with E-state index in [1.54, 1.807) is 14.0 Å². The Labute approximate surface area is 155 Å². The molecule has 0 radical (unpaired) electrons. The summed E-state index contributed by atoms with van der Waals surface area (Å²) in [7, 11) is 1.58. The molecule has 1 rings (SSSR count). The second kappa shape index (κ2) is 9.85. The summed E-state index contributed by atoms with van der Waals surface area (Å²) in [4.78, 5) is 13.7. The fraction of sp³-hybridized carbons (Fsp3) is 0.611. The molecule has 1 atom stereocenters. The summed E-state index contributed by atoms with van der Waals surface area (Å²) < 4.78 is 10.5. The van der Waals surface area contributed by atoms with Gasteiger partial charge in [0.1, 0.15) is 11.4 Å². The van der Waals surface area contributed by atoms with E-state index in [0.717, 1.165) is 5.56 Å². The number of nitrogens with zero attached hydrogens (tertiary/aromatic N) is 1. The van der Waals surface area contributed by atoms with Crippen LogP contribution in [0.2, 0.25) is 5.02 Å². The van der Waals surface area contributed by atoms with Crippen molar-refractivity contribution in [1.82, 2.24) is 10.2 Å². The first kappa shape index (κ1) is 21.5. The largest absolute Gasteiger partial charge is 0.495 e. The van der Waals surface area contributed by atoms with Crippen LogP contribution in [-0.4, -0.2) is 54.5 Å². The van der Waals surface area contributed by atoms with E-state index in [-0.39, 0.29) is 6.54 Å². The van der Waals surface area contributed by atoms with Crippen LogP contribution in [0.15, 0.2) is 18.2 Å². The Morgan fingerprint density at radius 1 is 1.40 bits per heavy atom. The number of ether oxygens (including phenoxy) is 2. The number of amides is 1. The Balaban J connectivity index is 2.51. The Morgan fingerprint density at radius 3 is 2.60 bits per heavy atom. The highest BCUT2D eigenvalue weighted by atomic mass is 35.5. The number of rotatable bonds is 8. The summed E-state index contributed by atoms with van der Waals surface area (Å²) in [5.74, 6) is 0.637. The summed E-state index contributed by atoms with van der Waals surface area (Å²) >= 11 is 6.10. The molecule has 7 heteroatoms. The number of carbonyl (C=O) groups excluding carboxylic acids is 1. The molecular weight excluding hydrogens is 344 g/mol. The van der Waals surface area contributed by atoms with Gasteiger partial charge in [0.15, 0.2) is 0 Å². The van der Waals surface area contributed by atoms with E-state index >= 15 is 0 Å². The zero-order valence-electron chi connectivity index (χ0n) is 15.6. The molecule has 1 unspecified atom stereocenters. The second-order valence-corrected chi connectivity index (χ2v) is 7.33. The van der Waals surface area contributed by atoms with E-state index in [2.05, 4.69) is 5.32 Å². The molecule has 0 heterocycles. The first-order valence-corrected chi connectivity index (χ1v) is 8.69. The summed E-state index contributed by atoms with van der Waals surface area (Å²) in [6.07, 6.45) is -1.05. The van der Waals surface area contributed by atoms with E-state index in [4.69, 9.17) is 21.1 Å². The molecule has 0 spiro atoms. The van der Waals surface area contributed by atoms with Crippen molar-refractivity contribution >= 4 is 17.7 Å². The van der Waals surface area contributed by atoms with Gasteiger partial charge in [0, 0.05) is 26.2 Å². The molecule has 0 bridgehead atoms. The Bertz CT molecular complexity index is 558. The molecule has 0 saturated heterocycles. The van der Waals surface area contributed by atoms with E-state index in [9.17, 15) is 9.90 Å². The highest BCUT2D eigenvalue weighted by Gasteiger charge is 2.22. The van der Waals surface area contributed by atoms with Gasteiger partial charge in [0.2, 0.25) is 0 Å². The van der Waals surface area contributed by atoms with Gasteiger partial charge >= 0.3 is 6.09 Å². The van der Waals surface area contributed by atoms with Crippen LogP contribution in [0.3, 0.4) is 0 Å². The van der Waals surface area contributed by atoms with E-state index < -0.39 is 17.8 Å². The standard InChI is InChI=1S/C18H29ClN2O4/c1-13(22)12-21(17(23)25-18(2,3)4)9-8-20-11-14-6-7-16(24-5)15(19)10-14/h6-7,10,13,20,22H,8-9,11-12H2,1-5H3. The van der Waals surface area contributed by atoms with E-state index in [0.29, 0.717) is 30.4 Å². The summed E-state index contributed by atoms with van der Waals surface area (Å²) in [6.45, 7) is 8.93. The van der Waals surface area contributed by atoms with Crippen LogP contribution in [0.1, 0.15) is 33.3 Å². The van der Waals surface area contributed by atoms with Crippen LogP contribution >= 0.6 is 11.6 Å². The maximum atomic E-state index is 12.2. The van der Waals surface area contributed by atoms with Crippen LogP contribution in [0.25, 0.3) is 0 Å². The Hall–Kier alpha value is -1.50. The molecular formula is C18H29ClN2O4. The molecule has 0 aliphatic rings. The maximum Gasteiger partial charge on any atom is 0.410 e. The molecule has 0 aromatic heterocycles. The number of hydrogen-bond acceptors (Lipinski definition) is 5. The molecule has 2 N–H and O–H groups in total. The molecule has 25 heavy (non-hydrogen) atoms. The van der Waals surface area contributed by atoms with Gasteiger partial charge in [-0.15, -0.1) is 0 Å². The number of hydrogen-bond donors (Lipinski definition) is 2. The van der Waals surface area contributed by atoms with Crippen molar-refractivity contribution in [3.8, 4) is 5.75 Å². The summed E-state index contributed by atoms with van der Waals surface area (Å²) in [5, 5.41) is 13.4. The van der Waals surface area contributed by atoms with Crippen molar-refractivity contribution < 1.29 is 19.4 Å². The van der Waals surface area contributed by atoms with Crippen molar-refractivity contribution in [2.24, 2.45) is 0 Å². The monoisotopic (exact) mass is 372 g/mol. The average Bonchev–Trinajstić information content (AvgIpc) is 2.48. The van der Waals surface area contributed by atoms with E-state index in [1.165, 1.54) is 4.90 Å². The third-order valence-corrected chi connectivity index (χ3v) is 3.54. The van der Waals surface area contributed by atoms with Crippen molar-refractivity contribution in [1.29, 1.82) is 0 Å². The lowest BCUT2D eigenvalue weighted by Gasteiger charge is -2.28. The van der Waals surface area contributed by atoms with Crippen molar-refractivity contribution in [3.63, 3.8) is 0 Å². The molecule has 0 fully saturated rings. The van der Waals surface area contributed by atoms with Gasteiger partial charge in [0.05, 0.1) is 18.2 Å². The molecule has 0 aliphatic heterocycles. The third-order valence-electron chi connectivity index (χ3n) is 3.24. The van der Waals surface area contributed by atoms with Crippen molar-refractivity contribution in [3.05, 3.63) is 28.8 Å². The van der Waals surface area contributed by atoms with Crippen LogP contribution < -0.4 is 10.1 Å². The normalized spacial score (nSPS) is 12.6. The van der Waals surface area contributed by atoms with Gasteiger partial charge in [-0.05, 0) is 45.4 Å². The minimum atomic E-state index is -0.618. The Morgan fingerprint density at radius 2 is 2.08 bits per heavy atom. The number of methoxy groups -OCH3 is 1. The highest BCUT2D eigenvalue weighted by Crippen LogP contribution is 2.24. The topological polar surface area (TPSA) is 71.0 Å². The zero-order chi connectivity index (χ0) is 19.0. The molecule has 0 aliphatic carbocycles. The lowest BCUT2D eigenvalue weighted by molar-refractivity contribution is 0.0164. The number of halogens is 1. The number of aliphatic hydroxyl groups is 1. The predicted octanol–water partition coefficient (Wildman–Crippen LogP) is 3.06. The van der Waals surface area contributed by atoms with Crippen LogP contribution in [0.5, 0.6) is 5.75 Å². The van der Waals surface area contributed by atoms with Gasteiger partial charge in [-0.25, -0.2) is 4.79 Å². The summed E-state index contributed by atoms with van der Waals surface area (Å²) in [5.41, 5.74) is 0.450. The van der Waals surface area contributed by atoms with Crippen molar-refractivity contribution in [2.75, 3.05) is 26.7 Å².